The van der Waals surface area contributed by atoms with Crippen LogP contribution in [0.5, 0.6) is 5.75 Å². The summed E-state index contributed by atoms with van der Waals surface area (Å²) >= 11 is 4.48. The van der Waals surface area contributed by atoms with Crippen molar-refractivity contribution < 1.29 is 4.74 Å². The van der Waals surface area contributed by atoms with Crippen LogP contribution in [0.3, 0.4) is 0 Å². The molecule has 0 heterocycles. The Morgan fingerprint density at radius 3 is 2.24 bits per heavy atom. The number of methoxy groups -OCH3 is 1. The van der Waals surface area contributed by atoms with Crippen LogP contribution in [-0.2, 0) is 0 Å². The minimum atomic E-state index is -0.832. The maximum Gasteiger partial charge on any atom is 0.118 e. The summed E-state index contributed by atoms with van der Waals surface area (Å²) in [4.78, 5) is 0. The molecule has 5 heteroatoms. The van der Waals surface area contributed by atoms with Crippen molar-refractivity contribution in [1.82, 2.24) is 4.78 Å². The van der Waals surface area contributed by atoms with E-state index in [2.05, 4.69) is 30.6 Å². The van der Waals surface area contributed by atoms with Crippen molar-refractivity contribution in [2.45, 2.75) is 13.8 Å². The van der Waals surface area contributed by atoms with Crippen molar-refractivity contribution in [2.75, 3.05) is 7.11 Å². The van der Waals surface area contributed by atoms with E-state index in [0.717, 1.165) is 11.1 Å². The van der Waals surface area contributed by atoms with E-state index in [1.54, 1.807) is 18.1 Å². The van der Waals surface area contributed by atoms with E-state index in [4.69, 9.17) is 4.74 Å². The van der Waals surface area contributed by atoms with Gasteiger partial charge in [0.2, 0.25) is 0 Å². The zero-order valence-corrected chi connectivity index (χ0v) is 12.3. The van der Waals surface area contributed by atoms with Crippen LogP contribution in [0.2, 0.25) is 0 Å². The zero-order chi connectivity index (χ0) is 13.3. The predicted molar refractivity (Wildman–Crippen MR) is 81.5 cm³/mol. The van der Waals surface area contributed by atoms with Gasteiger partial charge >= 0.3 is 0 Å². The van der Waals surface area contributed by atoms with Crippen molar-refractivity contribution >= 4 is 31.5 Å². The molecular weight excluding hydrogens is 251 g/mol. The minimum absolute atomic E-state index is 0.826. The van der Waals surface area contributed by atoms with Gasteiger partial charge in [-0.1, -0.05) is 20.4 Å². The summed E-state index contributed by atoms with van der Waals surface area (Å²) in [5.41, 5.74) is 0. The summed E-state index contributed by atoms with van der Waals surface area (Å²) in [5, 5.41) is 4.88. The first-order valence-corrected chi connectivity index (χ1v) is 7.69. The molecule has 17 heavy (non-hydrogen) atoms. The molecule has 0 aliphatic rings. The van der Waals surface area contributed by atoms with Gasteiger partial charge in [-0.05, 0) is 24.3 Å². The number of hydrazone groups is 1. The van der Waals surface area contributed by atoms with Gasteiger partial charge in [-0.3, -0.25) is 0 Å². The first-order chi connectivity index (χ1) is 8.22. The SMILES string of the molecule is C=CN(N=C)P(S)c1ccc(OC)cc1.CC. The molecule has 1 rings (SSSR count). The van der Waals surface area contributed by atoms with E-state index >= 15 is 0 Å². The van der Waals surface area contributed by atoms with Gasteiger partial charge in [0.25, 0.3) is 0 Å². The predicted octanol–water partition coefficient (Wildman–Crippen LogP) is 3.65. The van der Waals surface area contributed by atoms with Gasteiger partial charge in [-0.25, -0.2) is 4.78 Å². The fourth-order valence-electron chi connectivity index (χ4n) is 1.03. The molecule has 0 bridgehead atoms. The van der Waals surface area contributed by atoms with Crippen molar-refractivity contribution in [3.05, 3.63) is 37.0 Å². The van der Waals surface area contributed by atoms with Crippen LogP contribution >= 0.6 is 19.5 Å². The molecule has 0 aromatic heterocycles. The summed E-state index contributed by atoms with van der Waals surface area (Å²) < 4.78 is 6.71. The van der Waals surface area contributed by atoms with E-state index in [1.807, 2.05) is 38.1 Å². The summed E-state index contributed by atoms with van der Waals surface area (Å²) in [6.07, 6.45) is 1.61. The highest BCUT2D eigenvalue weighted by Gasteiger charge is 2.11. The number of thiol groups is 1. The third kappa shape index (κ3) is 4.80. The van der Waals surface area contributed by atoms with Gasteiger partial charge < -0.3 is 4.74 Å². The third-order valence-electron chi connectivity index (χ3n) is 1.81. The van der Waals surface area contributed by atoms with Crippen molar-refractivity contribution in [1.29, 1.82) is 0 Å². The lowest BCUT2D eigenvalue weighted by atomic mass is 10.3. The maximum atomic E-state index is 5.07. The maximum absolute atomic E-state index is 5.07. The number of hydrogen-bond donors (Lipinski definition) is 1. The molecule has 0 aliphatic carbocycles. The molecule has 1 aromatic rings. The molecule has 1 unspecified atom stereocenters. The number of nitrogens with zero attached hydrogens (tertiary/aromatic N) is 2. The van der Waals surface area contributed by atoms with Gasteiger partial charge in [0, 0.05) is 18.2 Å². The molecule has 0 fully saturated rings. The summed E-state index contributed by atoms with van der Waals surface area (Å²) in [5.74, 6) is 0.826. The number of benzene rings is 1. The molecule has 0 N–H and O–H groups in total. The van der Waals surface area contributed by atoms with Gasteiger partial charge in [0.15, 0.2) is 0 Å². The average molecular weight is 270 g/mol. The van der Waals surface area contributed by atoms with Gasteiger partial charge in [0.1, 0.15) is 13.0 Å². The standard InChI is InChI=1S/C10H13N2OPS.C2H6/c1-4-12(11-2)14(15)10-7-5-9(13-3)6-8-10;1-2/h4-8,15H,1-2H2,3H3;1-2H3. The Bertz CT molecular complexity index is 335. The van der Waals surface area contributed by atoms with Crippen LogP contribution in [0.25, 0.3) is 0 Å². The van der Waals surface area contributed by atoms with Crippen molar-refractivity contribution in [3.8, 4) is 5.75 Å². The molecule has 0 radical (unpaired) electrons. The molecule has 94 valence electrons. The number of ether oxygens (including phenoxy) is 1. The first-order valence-electron chi connectivity index (χ1n) is 5.24. The molecule has 3 nitrogen and oxygen atoms in total. The lowest BCUT2D eigenvalue weighted by Gasteiger charge is -2.20. The van der Waals surface area contributed by atoms with Crippen molar-refractivity contribution in [3.63, 3.8) is 0 Å². The van der Waals surface area contributed by atoms with Gasteiger partial charge in [-0.15, -0.1) is 12.2 Å². The van der Waals surface area contributed by atoms with Crippen LogP contribution in [0.1, 0.15) is 13.8 Å². The van der Waals surface area contributed by atoms with E-state index in [1.165, 1.54) is 0 Å². The van der Waals surface area contributed by atoms with Crippen LogP contribution < -0.4 is 10.0 Å². The molecule has 1 aromatic carbocycles. The van der Waals surface area contributed by atoms with Crippen LogP contribution in [0.15, 0.2) is 42.1 Å². The Balaban J connectivity index is 0.00000121. The Kier molecular flexibility index (Phi) is 8.55. The quantitative estimate of drug-likeness (QED) is 0.382. The second kappa shape index (κ2) is 9.08. The van der Waals surface area contributed by atoms with Gasteiger partial charge in [0.05, 0.1) is 7.11 Å². The average Bonchev–Trinajstić information content (AvgIpc) is 2.42. The third-order valence-corrected chi connectivity index (χ3v) is 4.49. The molecule has 0 saturated carbocycles. The Labute approximate surface area is 110 Å². The smallest absolute Gasteiger partial charge is 0.118 e. The fraction of sp³-hybridized carbons (Fsp3) is 0.250. The Hall–Kier alpha value is -0.990. The second-order valence-corrected chi connectivity index (χ2v) is 5.27. The molecule has 0 saturated heterocycles. The monoisotopic (exact) mass is 270 g/mol. The van der Waals surface area contributed by atoms with E-state index < -0.39 is 7.27 Å². The highest BCUT2D eigenvalue weighted by atomic mass is 32.7. The Morgan fingerprint density at radius 1 is 1.35 bits per heavy atom. The number of rotatable bonds is 5. The van der Waals surface area contributed by atoms with Crippen molar-refractivity contribution in [2.24, 2.45) is 5.10 Å². The van der Waals surface area contributed by atoms with Crippen LogP contribution in [-0.4, -0.2) is 18.6 Å². The highest BCUT2D eigenvalue weighted by Crippen LogP contribution is 2.44. The zero-order valence-electron chi connectivity index (χ0n) is 10.5. The first kappa shape index (κ1) is 16.0. The summed E-state index contributed by atoms with van der Waals surface area (Å²) in [6.45, 7) is 11.1. The molecule has 0 aliphatic heterocycles. The minimum Gasteiger partial charge on any atom is -0.497 e. The normalized spacial score (nSPS) is 10.6. The van der Waals surface area contributed by atoms with E-state index in [0.29, 0.717) is 0 Å². The van der Waals surface area contributed by atoms with E-state index in [9.17, 15) is 0 Å². The largest absolute Gasteiger partial charge is 0.497 e. The second-order valence-electron chi connectivity index (χ2n) is 2.63. The lowest BCUT2D eigenvalue weighted by Crippen LogP contribution is -2.08. The summed E-state index contributed by atoms with van der Waals surface area (Å²) in [6, 6.07) is 7.70. The highest BCUT2D eigenvalue weighted by molar-refractivity contribution is 8.47. The van der Waals surface area contributed by atoms with E-state index in [-0.39, 0.29) is 0 Å². The lowest BCUT2D eigenvalue weighted by molar-refractivity contribution is 0.415. The topological polar surface area (TPSA) is 24.8 Å². The summed E-state index contributed by atoms with van der Waals surface area (Å²) in [7, 11) is 0.807. The number of hydrogen-bond acceptors (Lipinski definition) is 4. The van der Waals surface area contributed by atoms with Gasteiger partial charge in [-0.2, -0.15) is 5.10 Å². The molecule has 0 amide bonds. The Morgan fingerprint density at radius 2 is 1.88 bits per heavy atom. The van der Waals surface area contributed by atoms with Crippen LogP contribution in [0, 0.1) is 0 Å². The molecular formula is C12H19N2OPS. The van der Waals surface area contributed by atoms with Crippen LogP contribution in [0.4, 0.5) is 0 Å². The molecule has 1 atom stereocenters. The fourth-order valence-corrected chi connectivity index (χ4v) is 2.74. The molecule has 0 spiro atoms.